The number of aromatic nitrogens is 2. The fourth-order valence-corrected chi connectivity index (χ4v) is 4.61. The molecular formula is C17H16ClF3N2OS. The Balaban J connectivity index is 2.06. The highest BCUT2D eigenvalue weighted by Crippen LogP contribution is 2.40. The minimum atomic E-state index is -4.77. The second kappa shape index (κ2) is 7.41. The van der Waals surface area contributed by atoms with E-state index in [-0.39, 0.29) is 21.5 Å². The number of hydrogen-bond donors (Lipinski definition) is 1. The summed E-state index contributed by atoms with van der Waals surface area (Å²) >= 11 is 7.25. The van der Waals surface area contributed by atoms with Crippen LogP contribution in [-0.4, -0.2) is 20.6 Å². The van der Waals surface area contributed by atoms with E-state index in [0.717, 1.165) is 31.0 Å². The maximum absolute atomic E-state index is 13.4. The van der Waals surface area contributed by atoms with Gasteiger partial charge in [0.2, 0.25) is 0 Å². The normalized spacial score (nSPS) is 21.3. The highest BCUT2D eigenvalue weighted by molar-refractivity contribution is 8.00. The fourth-order valence-electron chi connectivity index (χ4n) is 2.85. The average Bonchev–Trinajstić information content (AvgIpc) is 2.56. The SMILES string of the molecule is O=c1[nH]c(-c2ccccc2)nc(S[C@@H]2CCCC[C@H]2Cl)c1C(F)(F)F. The first-order valence-corrected chi connectivity index (χ1v) is 9.25. The van der Waals surface area contributed by atoms with Crippen LogP contribution in [0.15, 0.2) is 40.2 Å². The first kappa shape index (κ1) is 18.3. The highest BCUT2D eigenvalue weighted by atomic mass is 35.5. The van der Waals surface area contributed by atoms with Gasteiger partial charge in [0.15, 0.2) is 5.56 Å². The number of halogens is 4. The topological polar surface area (TPSA) is 45.8 Å². The number of H-pyrrole nitrogens is 1. The summed E-state index contributed by atoms with van der Waals surface area (Å²) in [6, 6.07) is 8.61. The molecule has 0 saturated heterocycles. The van der Waals surface area contributed by atoms with Crippen molar-refractivity contribution in [2.45, 2.75) is 47.5 Å². The molecule has 1 aliphatic carbocycles. The number of alkyl halides is 4. The van der Waals surface area contributed by atoms with E-state index in [1.165, 1.54) is 0 Å². The number of nitrogens with zero attached hydrogens (tertiary/aromatic N) is 1. The molecular weight excluding hydrogens is 373 g/mol. The maximum atomic E-state index is 13.4. The van der Waals surface area contributed by atoms with Gasteiger partial charge < -0.3 is 4.98 Å². The zero-order chi connectivity index (χ0) is 18.0. The number of hydrogen-bond acceptors (Lipinski definition) is 3. The van der Waals surface area contributed by atoms with Crippen LogP contribution in [0.1, 0.15) is 31.2 Å². The van der Waals surface area contributed by atoms with Gasteiger partial charge in [0.1, 0.15) is 10.9 Å². The van der Waals surface area contributed by atoms with Crippen LogP contribution < -0.4 is 5.56 Å². The number of rotatable bonds is 3. The van der Waals surface area contributed by atoms with Gasteiger partial charge in [-0.2, -0.15) is 13.2 Å². The standard InChI is InChI=1S/C17H16ClF3N2OS/c18-11-8-4-5-9-12(11)25-16-13(17(19,20)21)15(24)22-14(23-16)10-6-2-1-3-7-10/h1-3,6-7,11-12H,4-5,8-9H2,(H,22,23,24)/t11-,12-/m1/s1. The smallest absolute Gasteiger partial charge is 0.306 e. The lowest BCUT2D eigenvalue weighted by Gasteiger charge is -2.26. The quantitative estimate of drug-likeness (QED) is 0.588. The molecule has 134 valence electrons. The number of thioether (sulfide) groups is 1. The molecule has 1 N–H and O–H groups in total. The van der Waals surface area contributed by atoms with Gasteiger partial charge in [0.05, 0.1) is 0 Å². The second-order valence-corrected chi connectivity index (χ2v) is 7.70. The summed E-state index contributed by atoms with van der Waals surface area (Å²) in [7, 11) is 0. The first-order valence-electron chi connectivity index (χ1n) is 7.94. The van der Waals surface area contributed by atoms with Crippen molar-refractivity contribution in [3.8, 4) is 11.4 Å². The molecule has 0 aliphatic heterocycles. The molecule has 0 unspecified atom stereocenters. The van der Waals surface area contributed by atoms with E-state index < -0.39 is 17.3 Å². The minimum Gasteiger partial charge on any atom is -0.306 e. The van der Waals surface area contributed by atoms with Crippen LogP contribution in [0.2, 0.25) is 0 Å². The third kappa shape index (κ3) is 4.20. The van der Waals surface area contributed by atoms with E-state index in [1.54, 1.807) is 30.3 Å². The van der Waals surface area contributed by atoms with Crippen LogP contribution in [0, 0.1) is 0 Å². The van der Waals surface area contributed by atoms with E-state index in [4.69, 9.17) is 11.6 Å². The third-order valence-corrected chi connectivity index (χ3v) is 6.16. The van der Waals surface area contributed by atoms with Gasteiger partial charge in [-0.25, -0.2) is 4.98 Å². The molecule has 1 aromatic heterocycles. The molecule has 0 radical (unpaired) electrons. The molecule has 1 aromatic carbocycles. The monoisotopic (exact) mass is 388 g/mol. The van der Waals surface area contributed by atoms with Crippen molar-refractivity contribution in [3.63, 3.8) is 0 Å². The molecule has 0 spiro atoms. The molecule has 1 aliphatic rings. The van der Waals surface area contributed by atoms with E-state index >= 15 is 0 Å². The summed E-state index contributed by atoms with van der Waals surface area (Å²) < 4.78 is 40.2. The lowest BCUT2D eigenvalue weighted by Crippen LogP contribution is -2.27. The number of aromatic amines is 1. The molecule has 0 bridgehead atoms. The Hall–Kier alpha value is -1.47. The highest BCUT2D eigenvalue weighted by Gasteiger charge is 2.39. The fraction of sp³-hybridized carbons (Fsp3) is 0.412. The predicted octanol–water partition coefficient (Wildman–Crippen LogP) is 5.10. The van der Waals surface area contributed by atoms with Gasteiger partial charge in [-0.1, -0.05) is 43.2 Å². The lowest BCUT2D eigenvalue weighted by atomic mass is 10.00. The molecule has 1 fully saturated rings. The number of nitrogens with one attached hydrogen (secondary N) is 1. The zero-order valence-corrected chi connectivity index (χ0v) is 14.7. The first-order chi connectivity index (χ1) is 11.9. The van der Waals surface area contributed by atoms with Gasteiger partial charge in [-0.3, -0.25) is 4.79 Å². The van der Waals surface area contributed by atoms with Crippen molar-refractivity contribution in [1.29, 1.82) is 0 Å². The molecule has 3 nitrogen and oxygen atoms in total. The molecule has 25 heavy (non-hydrogen) atoms. The van der Waals surface area contributed by atoms with Crippen molar-refractivity contribution in [2.75, 3.05) is 0 Å². The Morgan fingerprint density at radius 1 is 1.16 bits per heavy atom. The summed E-state index contributed by atoms with van der Waals surface area (Å²) in [6.07, 6.45) is -1.42. The van der Waals surface area contributed by atoms with E-state index in [2.05, 4.69) is 9.97 Å². The Morgan fingerprint density at radius 2 is 1.84 bits per heavy atom. The van der Waals surface area contributed by atoms with Crippen LogP contribution >= 0.6 is 23.4 Å². The maximum Gasteiger partial charge on any atom is 0.424 e. The number of benzene rings is 1. The Kier molecular flexibility index (Phi) is 5.43. The molecule has 2 aromatic rings. The van der Waals surface area contributed by atoms with Crippen molar-refractivity contribution in [1.82, 2.24) is 9.97 Å². The van der Waals surface area contributed by atoms with Gasteiger partial charge >= 0.3 is 6.18 Å². The average molecular weight is 389 g/mol. The summed E-state index contributed by atoms with van der Waals surface area (Å²) in [4.78, 5) is 18.5. The van der Waals surface area contributed by atoms with Gasteiger partial charge in [-0.15, -0.1) is 23.4 Å². The largest absolute Gasteiger partial charge is 0.424 e. The van der Waals surface area contributed by atoms with Crippen LogP contribution in [0.25, 0.3) is 11.4 Å². The van der Waals surface area contributed by atoms with E-state index in [9.17, 15) is 18.0 Å². The lowest BCUT2D eigenvalue weighted by molar-refractivity contribution is -0.141. The van der Waals surface area contributed by atoms with E-state index in [1.807, 2.05) is 0 Å². The second-order valence-electron chi connectivity index (χ2n) is 5.92. The molecule has 1 saturated carbocycles. The third-order valence-electron chi connectivity index (χ3n) is 4.10. The Morgan fingerprint density at radius 3 is 2.48 bits per heavy atom. The Bertz CT molecular complexity index is 795. The predicted molar refractivity (Wildman–Crippen MR) is 93.0 cm³/mol. The molecule has 2 atom stereocenters. The van der Waals surface area contributed by atoms with Crippen molar-refractivity contribution in [2.24, 2.45) is 0 Å². The van der Waals surface area contributed by atoms with Gasteiger partial charge in [-0.05, 0) is 12.8 Å². The minimum absolute atomic E-state index is 0.128. The van der Waals surface area contributed by atoms with Crippen LogP contribution in [0.5, 0.6) is 0 Å². The summed E-state index contributed by atoms with van der Waals surface area (Å²) in [5.41, 5.74) is -1.86. The van der Waals surface area contributed by atoms with Crippen molar-refractivity contribution < 1.29 is 13.2 Å². The van der Waals surface area contributed by atoms with Crippen LogP contribution in [0.4, 0.5) is 13.2 Å². The van der Waals surface area contributed by atoms with Gasteiger partial charge in [0, 0.05) is 16.2 Å². The molecule has 3 rings (SSSR count). The van der Waals surface area contributed by atoms with Gasteiger partial charge in [0.25, 0.3) is 5.56 Å². The molecule has 0 amide bonds. The van der Waals surface area contributed by atoms with Crippen molar-refractivity contribution >= 4 is 23.4 Å². The summed E-state index contributed by atoms with van der Waals surface area (Å²) in [5, 5.41) is -0.705. The van der Waals surface area contributed by atoms with E-state index in [0.29, 0.717) is 12.0 Å². The Labute approximate surface area is 152 Å². The van der Waals surface area contributed by atoms with Crippen LogP contribution in [0.3, 0.4) is 0 Å². The molecule has 1 heterocycles. The molecule has 8 heteroatoms. The van der Waals surface area contributed by atoms with Crippen LogP contribution in [-0.2, 0) is 6.18 Å². The zero-order valence-electron chi connectivity index (χ0n) is 13.1. The summed E-state index contributed by atoms with van der Waals surface area (Å²) in [5.74, 6) is 0.128. The summed E-state index contributed by atoms with van der Waals surface area (Å²) in [6.45, 7) is 0. The van der Waals surface area contributed by atoms with Crippen molar-refractivity contribution in [3.05, 3.63) is 46.2 Å².